The van der Waals surface area contributed by atoms with E-state index in [2.05, 4.69) is 22.3 Å². The molecule has 1 N–H and O–H groups in total. The van der Waals surface area contributed by atoms with Crippen molar-refractivity contribution < 1.29 is 13.2 Å². The minimum absolute atomic E-state index is 0.0839. The molecule has 1 heterocycles. The van der Waals surface area contributed by atoms with Crippen LogP contribution in [0.2, 0.25) is 10.0 Å². The van der Waals surface area contributed by atoms with Gasteiger partial charge in [-0.25, -0.2) is 8.42 Å². The zero-order chi connectivity index (χ0) is 25.7. The van der Waals surface area contributed by atoms with Gasteiger partial charge in [0.2, 0.25) is 5.91 Å². The molecule has 0 atom stereocenters. The number of halogens is 2. The molecule has 1 amide bonds. The number of hydrogen-bond donors (Lipinski definition) is 1. The van der Waals surface area contributed by atoms with Crippen molar-refractivity contribution in [2.75, 3.05) is 23.9 Å². The topological polar surface area (TPSA) is 69.7 Å². The van der Waals surface area contributed by atoms with Crippen LogP contribution < -0.4 is 9.62 Å². The first-order chi connectivity index (χ1) is 17.2. The molecule has 0 radical (unpaired) electrons. The van der Waals surface area contributed by atoms with Crippen LogP contribution in [0.3, 0.4) is 0 Å². The number of aryl methyl sites for hydroxylation is 1. The van der Waals surface area contributed by atoms with Gasteiger partial charge in [-0.05, 0) is 74.3 Å². The van der Waals surface area contributed by atoms with E-state index in [1.807, 2.05) is 19.1 Å². The Balaban J connectivity index is 1.47. The van der Waals surface area contributed by atoms with E-state index < -0.39 is 22.5 Å². The monoisotopic (exact) mass is 545 g/mol. The third-order valence-corrected chi connectivity index (χ3v) is 8.73. The Hall–Kier alpha value is -2.58. The molecule has 0 aromatic heterocycles. The van der Waals surface area contributed by atoms with Crippen LogP contribution in [0.5, 0.6) is 0 Å². The molecule has 1 saturated heterocycles. The predicted octanol–water partition coefficient (Wildman–Crippen LogP) is 5.41. The van der Waals surface area contributed by atoms with Crippen LogP contribution in [0.1, 0.15) is 29.5 Å². The molecule has 0 saturated carbocycles. The maximum absolute atomic E-state index is 13.5. The van der Waals surface area contributed by atoms with Gasteiger partial charge in [0, 0.05) is 13.1 Å². The third-order valence-electron chi connectivity index (χ3n) is 6.20. The van der Waals surface area contributed by atoms with Crippen LogP contribution in [0.15, 0.2) is 71.6 Å². The molecule has 6 nitrogen and oxygen atoms in total. The molecule has 3 aromatic rings. The largest absolute Gasteiger partial charge is 0.350 e. The summed E-state index contributed by atoms with van der Waals surface area (Å²) in [5, 5.41) is 3.33. The molecule has 0 unspecified atom stereocenters. The molecular formula is C27H29Cl2N3O3S. The van der Waals surface area contributed by atoms with Crippen molar-refractivity contribution in [2.45, 2.75) is 37.8 Å². The van der Waals surface area contributed by atoms with Gasteiger partial charge in [-0.1, -0.05) is 65.2 Å². The molecule has 0 bridgehead atoms. The lowest BCUT2D eigenvalue weighted by atomic mass is 10.1. The average Bonchev–Trinajstić information content (AvgIpc) is 3.37. The number of anilines is 1. The first kappa shape index (κ1) is 26.5. The molecule has 9 heteroatoms. The standard InChI is InChI=1S/C27H29Cl2N3O3S/c1-20-4-11-24(12-5-20)36(34,35)32(23-10-13-25(28)26(29)16-23)19-27(33)30-17-21-6-8-22(9-7-21)18-31-14-2-3-15-31/h4-13,16H,2-3,14-15,17-19H2,1H3,(H,30,33). The van der Waals surface area contributed by atoms with Crippen molar-refractivity contribution in [3.8, 4) is 0 Å². The number of rotatable bonds is 9. The summed E-state index contributed by atoms with van der Waals surface area (Å²) in [4.78, 5) is 15.4. The summed E-state index contributed by atoms with van der Waals surface area (Å²) in [5.74, 6) is -0.432. The molecule has 1 aliphatic heterocycles. The van der Waals surface area contributed by atoms with E-state index in [1.54, 1.807) is 12.1 Å². The van der Waals surface area contributed by atoms with E-state index in [0.29, 0.717) is 11.6 Å². The minimum atomic E-state index is -4.03. The highest BCUT2D eigenvalue weighted by atomic mass is 35.5. The summed E-state index contributed by atoms with van der Waals surface area (Å²) in [5.41, 5.74) is 3.36. The zero-order valence-corrected chi connectivity index (χ0v) is 22.4. The fourth-order valence-corrected chi connectivity index (χ4v) is 5.85. The summed E-state index contributed by atoms with van der Waals surface area (Å²) in [6.07, 6.45) is 2.51. The molecule has 0 aliphatic carbocycles. The highest BCUT2D eigenvalue weighted by Gasteiger charge is 2.27. The van der Waals surface area contributed by atoms with Gasteiger partial charge in [-0.15, -0.1) is 0 Å². The number of nitrogens with one attached hydrogen (secondary N) is 1. The lowest BCUT2D eigenvalue weighted by molar-refractivity contribution is -0.119. The predicted molar refractivity (Wildman–Crippen MR) is 145 cm³/mol. The van der Waals surface area contributed by atoms with Crippen molar-refractivity contribution in [1.82, 2.24) is 10.2 Å². The van der Waals surface area contributed by atoms with Gasteiger partial charge in [0.25, 0.3) is 10.0 Å². The van der Waals surface area contributed by atoms with Crippen molar-refractivity contribution in [3.05, 3.63) is 93.5 Å². The maximum atomic E-state index is 13.5. The summed E-state index contributed by atoms with van der Waals surface area (Å²) in [6, 6.07) is 19.1. The van der Waals surface area contributed by atoms with Gasteiger partial charge >= 0.3 is 0 Å². The Morgan fingerprint density at radius 2 is 1.56 bits per heavy atom. The van der Waals surface area contributed by atoms with Crippen LogP contribution in [-0.2, 0) is 27.9 Å². The molecule has 3 aromatic carbocycles. The number of benzene rings is 3. The quantitative estimate of drug-likeness (QED) is 0.390. The van der Waals surface area contributed by atoms with Gasteiger partial charge in [0.1, 0.15) is 6.54 Å². The van der Waals surface area contributed by atoms with Gasteiger partial charge < -0.3 is 5.32 Å². The fraction of sp³-hybridized carbons (Fsp3) is 0.296. The second-order valence-electron chi connectivity index (χ2n) is 9.00. The molecular weight excluding hydrogens is 517 g/mol. The SMILES string of the molecule is Cc1ccc(S(=O)(=O)N(CC(=O)NCc2ccc(CN3CCCC3)cc2)c2ccc(Cl)c(Cl)c2)cc1. The van der Waals surface area contributed by atoms with E-state index in [0.717, 1.165) is 35.1 Å². The number of hydrogen-bond acceptors (Lipinski definition) is 4. The summed E-state index contributed by atoms with van der Waals surface area (Å²) in [7, 11) is -4.03. The van der Waals surface area contributed by atoms with E-state index in [1.165, 1.54) is 48.7 Å². The van der Waals surface area contributed by atoms with E-state index in [-0.39, 0.29) is 15.6 Å². The van der Waals surface area contributed by atoms with Crippen molar-refractivity contribution in [2.24, 2.45) is 0 Å². The van der Waals surface area contributed by atoms with Crippen LogP contribution in [0, 0.1) is 6.92 Å². The van der Waals surface area contributed by atoms with Gasteiger partial charge in [0.05, 0.1) is 20.6 Å². The van der Waals surface area contributed by atoms with Crippen molar-refractivity contribution in [3.63, 3.8) is 0 Å². The number of sulfonamides is 1. The summed E-state index contributed by atoms with van der Waals surface area (Å²) >= 11 is 12.2. The maximum Gasteiger partial charge on any atom is 0.264 e. The summed E-state index contributed by atoms with van der Waals surface area (Å²) < 4.78 is 28.0. The Morgan fingerprint density at radius 1 is 0.917 bits per heavy atom. The smallest absolute Gasteiger partial charge is 0.264 e. The van der Waals surface area contributed by atoms with Crippen molar-refractivity contribution in [1.29, 1.82) is 0 Å². The molecule has 190 valence electrons. The van der Waals surface area contributed by atoms with Crippen LogP contribution in [-0.4, -0.2) is 38.9 Å². The Morgan fingerprint density at radius 3 is 2.19 bits per heavy atom. The summed E-state index contributed by atoms with van der Waals surface area (Å²) in [6.45, 7) is 4.97. The lowest BCUT2D eigenvalue weighted by Gasteiger charge is -2.24. The Bertz CT molecular complexity index is 1310. The molecule has 1 aliphatic rings. The lowest BCUT2D eigenvalue weighted by Crippen LogP contribution is -2.40. The van der Waals surface area contributed by atoms with E-state index in [4.69, 9.17) is 23.2 Å². The number of likely N-dealkylation sites (tertiary alicyclic amines) is 1. The zero-order valence-electron chi connectivity index (χ0n) is 20.1. The number of nitrogens with zero attached hydrogens (tertiary/aromatic N) is 2. The van der Waals surface area contributed by atoms with Gasteiger partial charge in [0.15, 0.2) is 0 Å². The first-order valence-corrected chi connectivity index (χ1v) is 14.0. The minimum Gasteiger partial charge on any atom is -0.350 e. The Labute approximate surface area is 222 Å². The molecule has 4 rings (SSSR count). The van der Waals surface area contributed by atoms with E-state index >= 15 is 0 Å². The number of carbonyl (C=O) groups is 1. The second-order valence-corrected chi connectivity index (χ2v) is 11.7. The average molecular weight is 547 g/mol. The highest BCUT2D eigenvalue weighted by molar-refractivity contribution is 7.92. The third kappa shape index (κ3) is 6.59. The highest BCUT2D eigenvalue weighted by Crippen LogP contribution is 2.30. The van der Waals surface area contributed by atoms with Crippen LogP contribution in [0.25, 0.3) is 0 Å². The number of carbonyl (C=O) groups excluding carboxylic acids is 1. The van der Waals surface area contributed by atoms with Crippen LogP contribution >= 0.6 is 23.2 Å². The first-order valence-electron chi connectivity index (χ1n) is 11.8. The second kappa shape index (κ2) is 11.6. The fourth-order valence-electron chi connectivity index (χ4n) is 4.14. The van der Waals surface area contributed by atoms with Gasteiger partial charge in [-0.3, -0.25) is 14.0 Å². The number of amides is 1. The van der Waals surface area contributed by atoms with E-state index in [9.17, 15) is 13.2 Å². The molecule has 1 fully saturated rings. The molecule has 0 spiro atoms. The molecule has 36 heavy (non-hydrogen) atoms. The van der Waals surface area contributed by atoms with Crippen LogP contribution in [0.4, 0.5) is 5.69 Å². The van der Waals surface area contributed by atoms with Gasteiger partial charge in [-0.2, -0.15) is 0 Å². The van der Waals surface area contributed by atoms with Crippen molar-refractivity contribution >= 4 is 44.8 Å². The normalized spacial score (nSPS) is 14.1. The Kier molecular flexibility index (Phi) is 8.57.